The Morgan fingerprint density at radius 2 is 1.88 bits per heavy atom. The van der Waals surface area contributed by atoms with Crippen LogP contribution in [0.1, 0.15) is 50.9 Å². The molecule has 1 N–H and O–H groups in total. The number of carbonyl (C=O) groups is 2. The topological polar surface area (TPSA) is 82.1 Å². The molecule has 1 aliphatic rings. The van der Waals surface area contributed by atoms with E-state index in [1.807, 2.05) is 0 Å². The molecular formula is C19H28NO6+. The lowest BCUT2D eigenvalue weighted by molar-refractivity contribution is -1.03. The van der Waals surface area contributed by atoms with E-state index in [1.54, 1.807) is 52.0 Å². The number of nitrogens with zero attached hydrogens (tertiary/aromatic N) is 1. The number of rotatable bonds is 5. The van der Waals surface area contributed by atoms with Crippen LogP contribution in [0.3, 0.4) is 0 Å². The number of likely N-dealkylation sites (tertiary alicyclic amines) is 1. The van der Waals surface area contributed by atoms with Crippen LogP contribution in [-0.2, 0) is 9.47 Å². The van der Waals surface area contributed by atoms with Crippen molar-refractivity contribution in [3.63, 3.8) is 0 Å². The van der Waals surface area contributed by atoms with Crippen LogP contribution in [0.25, 0.3) is 0 Å². The summed E-state index contributed by atoms with van der Waals surface area (Å²) in [6.07, 6.45) is 0.880. The molecule has 1 saturated heterocycles. The van der Waals surface area contributed by atoms with Gasteiger partial charge in [-0.05, 0) is 56.6 Å². The molecule has 0 aromatic heterocycles. The first-order valence-electron chi connectivity index (χ1n) is 8.91. The molecule has 1 unspecified atom stereocenters. The zero-order valence-electron chi connectivity index (χ0n) is 15.9. The summed E-state index contributed by atoms with van der Waals surface area (Å²) in [5.74, 6) is 0.00811. The van der Waals surface area contributed by atoms with Crippen molar-refractivity contribution >= 4 is 12.1 Å². The second kappa shape index (κ2) is 8.05. The van der Waals surface area contributed by atoms with Crippen LogP contribution in [0.15, 0.2) is 24.3 Å². The van der Waals surface area contributed by atoms with Gasteiger partial charge in [0, 0.05) is 12.8 Å². The summed E-state index contributed by atoms with van der Waals surface area (Å²) in [4.78, 5) is 30.6. The minimum absolute atomic E-state index is 0.180. The van der Waals surface area contributed by atoms with Crippen molar-refractivity contribution in [2.45, 2.75) is 52.2 Å². The van der Waals surface area contributed by atoms with Crippen LogP contribution in [0, 0.1) is 0 Å². The van der Waals surface area contributed by atoms with E-state index in [1.165, 1.54) is 0 Å². The van der Waals surface area contributed by atoms with Gasteiger partial charge in [0.05, 0.1) is 18.8 Å². The van der Waals surface area contributed by atoms with Crippen LogP contribution in [0.4, 0.5) is 4.79 Å². The van der Waals surface area contributed by atoms with Crippen molar-refractivity contribution in [1.82, 2.24) is 0 Å². The molecule has 7 nitrogen and oxygen atoms in total. The third-order valence-corrected chi connectivity index (χ3v) is 4.16. The number of ether oxygens (including phenoxy) is 2. The molecule has 7 heteroatoms. The SMILES string of the molecule is CCOC(=O)c1ccc(O[N+]2(C(=O)OC(C)(C)C)CCC[C@H]2CO)cc1. The van der Waals surface area contributed by atoms with E-state index in [2.05, 4.69) is 0 Å². The molecule has 1 fully saturated rings. The van der Waals surface area contributed by atoms with Crippen molar-refractivity contribution in [2.24, 2.45) is 0 Å². The normalized spacial score (nSPS) is 22.7. The van der Waals surface area contributed by atoms with Gasteiger partial charge in [0.15, 0.2) is 11.8 Å². The van der Waals surface area contributed by atoms with E-state index in [9.17, 15) is 14.7 Å². The van der Waals surface area contributed by atoms with Crippen molar-refractivity contribution in [1.29, 1.82) is 0 Å². The quantitative estimate of drug-likeness (QED) is 0.637. The summed E-state index contributed by atoms with van der Waals surface area (Å²) in [6.45, 7) is 7.65. The van der Waals surface area contributed by atoms with Crippen LogP contribution >= 0.6 is 0 Å². The number of esters is 1. The molecule has 26 heavy (non-hydrogen) atoms. The Balaban J connectivity index is 2.25. The highest BCUT2D eigenvalue weighted by Crippen LogP contribution is 2.32. The summed E-state index contributed by atoms with van der Waals surface area (Å²) in [6, 6.07) is 6.01. The molecule has 0 radical (unpaired) electrons. The van der Waals surface area contributed by atoms with Gasteiger partial charge < -0.3 is 19.4 Å². The third kappa shape index (κ3) is 4.53. The summed E-state index contributed by atoms with van der Waals surface area (Å²) < 4.78 is 10.1. The summed E-state index contributed by atoms with van der Waals surface area (Å²) in [7, 11) is 0. The molecule has 0 bridgehead atoms. The van der Waals surface area contributed by atoms with Gasteiger partial charge >= 0.3 is 12.1 Å². The number of hydrogen-bond acceptors (Lipinski definition) is 6. The molecule has 0 saturated carbocycles. The van der Waals surface area contributed by atoms with E-state index in [0.29, 0.717) is 30.9 Å². The molecule has 0 aliphatic carbocycles. The highest BCUT2D eigenvalue weighted by atomic mass is 16.8. The van der Waals surface area contributed by atoms with Gasteiger partial charge in [-0.15, -0.1) is 0 Å². The smallest absolute Gasteiger partial charge is 0.462 e. The Hall–Kier alpha value is -2.12. The molecule has 2 rings (SSSR count). The van der Waals surface area contributed by atoms with Gasteiger partial charge in [-0.3, -0.25) is 0 Å². The average Bonchev–Trinajstić information content (AvgIpc) is 2.98. The number of quaternary nitrogens is 1. The maximum atomic E-state index is 12.9. The lowest BCUT2D eigenvalue weighted by Gasteiger charge is -2.34. The van der Waals surface area contributed by atoms with E-state index in [-0.39, 0.29) is 6.61 Å². The fraction of sp³-hybridized carbons (Fsp3) is 0.579. The Morgan fingerprint density at radius 1 is 1.23 bits per heavy atom. The molecule has 1 amide bonds. The van der Waals surface area contributed by atoms with Crippen molar-refractivity contribution in [3.05, 3.63) is 29.8 Å². The standard InChI is InChI=1S/C19H28NO6/c1-5-24-17(22)14-8-10-16(11-9-14)26-20(12-6-7-15(20)13-21)18(23)25-19(2,3)4/h8-11,15,21H,5-7,12-13H2,1-4H3/q+1/t15-,20?/m0/s1. The Kier molecular flexibility index (Phi) is 6.26. The summed E-state index contributed by atoms with van der Waals surface area (Å²) in [5, 5.41) is 9.74. The highest BCUT2D eigenvalue weighted by Gasteiger charge is 2.54. The lowest BCUT2D eigenvalue weighted by Crippen LogP contribution is -2.60. The zero-order valence-corrected chi connectivity index (χ0v) is 15.9. The molecule has 144 valence electrons. The van der Waals surface area contributed by atoms with E-state index < -0.39 is 28.4 Å². The molecule has 2 atom stereocenters. The largest absolute Gasteiger partial charge is 0.559 e. The minimum Gasteiger partial charge on any atom is -0.462 e. The molecule has 1 aromatic carbocycles. The third-order valence-electron chi connectivity index (χ3n) is 4.16. The number of hydroxylamine groups is 3. The number of hydrogen-bond donors (Lipinski definition) is 1. The number of aliphatic hydroxyl groups is 1. The number of amides is 1. The zero-order chi connectivity index (χ0) is 19.4. The Labute approximate surface area is 154 Å². The highest BCUT2D eigenvalue weighted by molar-refractivity contribution is 5.89. The second-order valence-electron chi connectivity index (χ2n) is 7.31. The molecular weight excluding hydrogens is 338 g/mol. The fourth-order valence-corrected chi connectivity index (χ4v) is 2.97. The second-order valence-corrected chi connectivity index (χ2v) is 7.31. The number of aliphatic hydroxyl groups excluding tert-OH is 1. The van der Waals surface area contributed by atoms with Crippen molar-refractivity contribution in [3.8, 4) is 5.75 Å². The number of carbonyl (C=O) groups excluding carboxylic acids is 2. The Morgan fingerprint density at radius 3 is 2.42 bits per heavy atom. The van der Waals surface area contributed by atoms with E-state index >= 15 is 0 Å². The van der Waals surface area contributed by atoms with Gasteiger partial charge in [0.1, 0.15) is 12.1 Å². The van der Waals surface area contributed by atoms with Crippen LogP contribution < -0.4 is 4.84 Å². The number of benzene rings is 1. The maximum Gasteiger partial charge on any atom is 0.559 e. The molecule has 1 aliphatic heterocycles. The van der Waals surface area contributed by atoms with E-state index in [0.717, 1.165) is 6.42 Å². The predicted molar refractivity (Wildman–Crippen MR) is 94.5 cm³/mol. The molecule has 1 heterocycles. The van der Waals surface area contributed by atoms with Gasteiger partial charge in [-0.2, -0.15) is 4.79 Å². The first-order valence-corrected chi connectivity index (χ1v) is 8.91. The van der Waals surface area contributed by atoms with Crippen LogP contribution in [-0.4, -0.2) is 53.2 Å². The molecule has 0 spiro atoms. The maximum absolute atomic E-state index is 12.9. The monoisotopic (exact) mass is 366 g/mol. The Bertz CT molecular complexity index is 636. The predicted octanol–water partition coefficient (Wildman–Crippen LogP) is 3.06. The first-order chi connectivity index (χ1) is 12.2. The van der Waals surface area contributed by atoms with Crippen molar-refractivity contribution in [2.75, 3.05) is 19.8 Å². The summed E-state index contributed by atoms with van der Waals surface area (Å²) >= 11 is 0. The van der Waals surface area contributed by atoms with Crippen LogP contribution in [0.5, 0.6) is 5.75 Å². The van der Waals surface area contributed by atoms with E-state index in [4.69, 9.17) is 14.3 Å². The lowest BCUT2D eigenvalue weighted by atomic mass is 10.2. The average molecular weight is 366 g/mol. The first kappa shape index (κ1) is 20.2. The van der Waals surface area contributed by atoms with Crippen molar-refractivity contribution < 1.29 is 33.7 Å². The van der Waals surface area contributed by atoms with Gasteiger partial charge in [0.25, 0.3) is 0 Å². The minimum atomic E-state index is -0.665. The molecule has 1 aromatic rings. The van der Waals surface area contributed by atoms with Gasteiger partial charge in [-0.25, -0.2) is 4.79 Å². The van der Waals surface area contributed by atoms with Gasteiger partial charge in [-0.1, -0.05) is 0 Å². The fourth-order valence-electron chi connectivity index (χ4n) is 2.97. The van der Waals surface area contributed by atoms with Gasteiger partial charge in [0.2, 0.25) is 0 Å². The summed E-state index contributed by atoms with van der Waals surface area (Å²) in [5.41, 5.74) is -0.259. The van der Waals surface area contributed by atoms with Crippen LogP contribution in [0.2, 0.25) is 0 Å².